The molecule has 0 saturated heterocycles. The molecule has 3 N–H and O–H groups in total. The van der Waals surface area contributed by atoms with Crippen molar-refractivity contribution in [1.29, 1.82) is 0 Å². The largest absolute Gasteiger partial charge is 0.468 e. The second kappa shape index (κ2) is 16.7. The van der Waals surface area contributed by atoms with Gasteiger partial charge in [0, 0.05) is 41.6 Å². The second-order valence-electron chi connectivity index (χ2n) is 13.9. The van der Waals surface area contributed by atoms with Gasteiger partial charge < -0.3 is 24.3 Å². The van der Waals surface area contributed by atoms with Crippen molar-refractivity contribution in [3.8, 4) is 11.1 Å². The van der Waals surface area contributed by atoms with Crippen LogP contribution < -0.4 is 10.4 Å². The maximum atomic E-state index is 14.0. The van der Waals surface area contributed by atoms with E-state index in [1.165, 1.54) is 19.2 Å². The zero-order chi connectivity index (χ0) is 37.7. The van der Waals surface area contributed by atoms with Gasteiger partial charge in [-0.1, -0.05) is 86.0 Å². The van der Waals surface area contributed by atoms with Crippen molar-refractivity contribution in [2.45, 2.75) is 62.9 Å². The molecule has 7 rings (SSSR count). The molecule has 4 aromatic carbocycles. The van der Waals surface area contributed by atoms with E-state index >= 15 is 0 Å². The minimum Gasteiger partial charge on any atom is -0.468 e. The maximum Gasteiger partial charge on any atom is 0.407 e. The van der Waals surface area contributed by atoms with Gasteiger partial charge in [0.1, 0.15) is 12.6 Å². The predicted octanol–water partition coefficient (Wildman–Crippen LogP) is 8.72. The number of amides is 1. The SMILES string of the molecule is COC(=O)[C@@H](Cc1c[nH]c2ccccc12)NP(=S)(OCc1ccc([N+](=O)[O-])cc1)[C@@H](NC(=O)OCC1c2ccccc2-c2ccccc21)C1CCCCC1. The van der Waals surface area contributed by atoms with E-state index in [9.17, 15) is 19.7 Å². The van der Waals surface area contributed by atoms with E-state index in [0.717, 1.165) is 70.8 Å². The molecule has 5 aromatic rings. The molecule has 1 aromatic heterocycles. The number of esters is 1. The number of ether oxygens (including phenoxy) is 2. The predicted molar refractivity (Wildman–Crippen MR) is 212 cm³/mol. The van der Waals surface area contributed by atoms with Crippen LogP contribution in [0.2, 0.25) is 0 Å². The van der Waals surface area contributed by atoms with E-state index in [1.807, 2.05) is 54.7 Å². The van der Waals surface area contributed by atoms with Crippen LogP contribution >= 0.6 is 6.42 Å². The highest BCUT2D eigenvalue weighted by Crippen LogP contribution is 2.54. The number of H-pyrrole nitrogens is 1. The van der Waals surface area contributed by atoms with E-state index in [1.54, 1.807) is 12.1 Å². The van der Waals surface area contributed by atoms with E-state index in [2.05, 4.69) is 39.7 Å². The van der Waals surface area contributed by atoms with Gasteiger partial charge in [0.25, 0.3) is 5.69 Å². The van der Waals surface area contributed by atoms with Gasteiger partial charge >= 0.3 is 12.1 Å². The average molecular weight is 767 g/mol. The highest BCUT2D eigenvalue weighted by atomic mass is 32.4. The number of rotatable bonds is 14. The van der Waals surface area contributed by atoms with Crippen LogP contribution in [0.3, 0.4) is 0 Å². The summed E-state index contributed by atoms with van der Waals surface area (Å²) in [4.78, 5) is 41.7. The topological polar surface area (TPSA) is 145 Å². The van der Waals surface area contributed by atoms with Gasteiger partial charge in [0.2, 0.25) is 0 Å². The first-order valence-corrected chi connectivity index (χ1v) is 21.0. The van der Waals surface area contributed by atoms with Crippen LogP contribution in [0.5, 0.6) is 0 Å². The maximum absolute atomic E-state index is 14.0. The molecule has 1 amide bonds. The third-order valence-electron chi connectivity index (χ3n) is 10.6. The lowest BCUT2D eigenvalue weighted by Gasteiger charge is -2.40. The second-order valence-corrected chi connectivity index (χ2v) is 17.8. The number of fused-ring (bicyclic) bond motifs is 4. The number of carbonyl (C=O) groups is 2. The molecule has 3 atom stereocenters. The standard InChI is InChI=1S/C41H43N4O7PS/c1-50-40(46)38(23-29-24-42-37-18-10-9-13-31(29)37)44-53(54,52-25-27-19-21-30(22-20-27)45(48)49)39(28-11-3-2-4-12-28)43-41(47)51-26-36-34-16-7-5-14-32(34)33-15-6-8-17-35(33)36/h5-10,13-22,24,28,36,38-39,42H,2-4,11-12,23,25-26H2,1H3,(H,43,47)(H,44,54)/t38-,39-,53?/m1/s1. The van der Waals surface area contributed by atoms with Crippen molar-refractivity contribution in [2.24, 2.45) is 5.92 Å². The molecule has 2 aliphatic rings. The number of carbonyl (C=O) groups excluding carboxylic acids is 2. The van der Waals surface area contributed by atoms with E-state index < -0.39 is 35.2 Å². The molecule has 0 spiro atoms. The van der Waals surface area contributed by atoms with E-state index in [0.29, 0.717) is 5.56 Å². The Kier molecular flexibility index (Phi) is 11.5. The quantitative estimate of drug-likeness (QED) is 0.0437. The molecular formula is C41H43N4O7PS. The lowest BCUT2D eigenvalue weighted by molar-refractivity contribution is -0.384. The molecule has 1 heterocycles. The molecule has 11 nitrogen and oxygen atoms in total. The van der Waals surface area contributed by atoms with Crippen LogP contribution in [0.15, 0.2) is 103 Å². The average Bonchev–Trinajstić information content (AvgIpc) is 3.76. The first-order chi connectivity index (χ1) is 26.2. The third-order valence-corrected chi connectivity index (χ3v) is 14.3. The summed E-state index contributed by atoms with van der Waals surface area (Å²) in [7, 11) is 1.33. The molecule has 1 saturated carbocycles. The zero-order valence-corrected chi connectivity index (χ0v) is 31.7. The first-order valence-electron chi connectivity index (χ1n) is 18.2. The Morgan fingerprint density at radius 1 is 0.926 bits per heavy atom. The molecule has 0 aliphatic heterocycles. The smallest absolute Gasteiger partial charge is 0.407 e. The number of nitrogens with one attached hydrogen (secondary N) is 3. The summed E-state index contributed by atoms with van der Waals surface area (Å²) in [5.74, 6) is -1.40. The summed E-state index contributed by atoms with van der Waals surface area (Å²) in [6.45, 7) is 0.126. The minimum absolute atomic E-state index is 0.00115. The molecular weight excluding hydrogens is 724 g/mol. The summed E-state index contributed by atoms with van der Waals surface area (Å²) in [5, 5.41) is 18.9. The molecule has 1 fully saturated rings. The summed E-state index contributed by atoms with van der Waals surface area (Å²) in [5.41, 5.74) is 6.91. The molecule has 1 unspecified atom stereocenters. The van der Waals surface area contributed by atoms with E-state index in [-0.39, 0.29) is 37.2 Å². The molecule has 2 aliphatic carbocycles. The summed E-state index contributed by atoms with van der Waals surface area (Å²) < 4.78 is 18.0. The van der Waals surface area contributed by atoms with Crippen molar-refractivity contribution in [1.82, 2.24) is 15.4 Å². The van der Waals surface area contributed by atoms with Gasteiger partial charge in [-0.3, -0.25) is 20.0 Å². The zero-order valence-electron chi connectivity index (χ0n) is 29.9. The molecule has 0 radical (unpaired) electrons. The van der Waals surface area contributed by atoms with E-state index in [4.69, 9.17) is 25.8 Å². The third kappa shape index (κ3) is 8.12. The number of aromatic nitrogens is 1. The number of aromatic amines is 1. The van der Waals surface area contributed by atoms with Crippen molar-refractivity contribution in [3.05, 3.63) is 136 Å². The Morgan fingerprint density at radius 2 is 1.57 bits per heavy atom. The minimum atomic E-state index is -3.38. The number of hydrogen-bond acceptors (Lipinski definition) is 8. The van der Waals surface area contributed by atoms with Gasteiger partial charge in [-0.2, -0.15) is 0 Å². The molecule has 0 bridgehead atoms. The lowest BCUT2D eigenvalue weighted by Crippen LogP contribution is -2.48. The van der Waals surface area contributed by atoms with Gasteiger partial charge in [0.15, 0.2) is 6.42 Å². The van der Waals surface area contributed by atoms with Gasteiger partial charge in [-0.25, -0.2) is 4.79 Å². The Morgan fingerprint density at radius 3 is 2.24 bits per heavy atom. The van der Waals surface area contributed by atoms with Gasteiger partial charge in [0.05, 0.1) is 24.4 Å². The number of nitro benzene ring substituents is 1. The molecule has 13 heteroatoms. The number of non-ortho nitro benzene ring substituents is 1. The van der Waals surface area contributed by atoms with Crippen molar-refractivity contribution >= 4 is 46.9 Å². The number of nitro groups is 1. The molecule has 280 valence electrons. The Hall–Kier alpha value is -4.87. The summed E-state index contributed by atoms with van der Waals surface area (Å²) in [6.07, 6.45) is 2.72. The van der Waals surface area contributed by atoms with Crippen molar-refractivity contribution < 1.29 is 28.5 Å². The number of methoxy groups -OCH3 is 1. The molecule has 54 heavy (non-hydrogen) atoms. The summed E-state index contributed by atoms with van der Waals surface area (Å²) in [6, 6.07) is 29.3. The van der Waals surface area contributed by atoms with Gasteiger partial charge in [-0.05, 0) is 82.1 Å². The fraction of sp³-hybridized carbons (Fsp3) is 0.317. The number of para-hydroxylation sites is 1. The van der Waals surface area contributed by atoms with Crippen molar-refractivity contribution in [3.63, 3.8) is 0 Å². The van der Waals surface area contributed by atoms with Crippen molar-refractivity contribution in [2.75, 3.05) is 13.7 Å². The number of alkyl carbamates (subject to hydrolysis) is 1. The van der Waals surface area contributed by atoms with Gasteiger partial charge in [-0.15, -0.1) is 0 Å². The van der Waals surface area contributed by atoms with Crippen LogP contribution in [-0.2, 0) is 43.6 Å². The number of hydrogen-bond donors (Lipinski definition) is 3. The van der Waals surface area contributed by atoms with Crippen LogP contribution in [-0.4, -0.2) is 47.5 Å². The highest BCUT2D eigenvalue weighted by molar-refractivity contribution is 8.11. The Labute approximate surface area is 319 Å². The fourth-order valence-corrected chi connectivity index (χ4v) is 11.5. The summed E-state index contributed by atoms with van der Waals surface area (Å²) >= 11 is 6.50. The number of nitrogens with zero attached hydrogens (tertiary/aromatic N) is 1. The fourth-order valence-electron chi connectivity index (χ4n) is 7.83. The normalized spacial score (nSPS) is 16.5. The van der Waals surface area contributed by atoms with Crippen LogP contribution in [0.1, 0.15) is 60.3 Å². The van der Waals surface area contributed by atoms with Crippen LogP contribution in [0.4, 0.5) is 10.5 Å². The van der Waals surface area contributed by atoms with Crippen LogP contribution in [0, 0.1) is 16.0 Å². The Balaban J connectivity index is 1.19. The highest BCUT2D eigenvalue weighted by Gasteiger charge is 2.42. The van der Waals surface area contributed by atoms with Crippen LogP contribution in [0.25, 0.3) is 22.0 Å². The Bertz CT molecular complexity index is 2140. The lowest BCUT2D eigenvalue weighted by atomic mass is 9.89. The number of benzene rings is 4. The first kappa shape index (κ1) is 37.4. The monoisotopic (exact) mass is 766 g/mol.